The Bertz CT molecular complexity index is 610. The Labute approximate surface area is 108 Å². The number of aromatic nitrogens is 5. The van der Waals surface area contributed by atoms with Crippen molar-refractivity contribution in [2.45, 2.75) is 44.0 Å². The topological polar surface area (TPSA) is 94.5 Å². The molecule has 0 spiro atoms. The van der Waals surface area contributed by atoms with Crippen molar-refractivity contribution in [3.05, 3.63) is 16.2 Å². The predicted octanol–water partition coefficient (Wildman–Crippen LogP) is 0.850. The highest BCUT2D eigenvalue weighted by atomic mass is 32.2. The standard InChI is InChI=1S/C10H16N6OS/c1-4-15-9(17)12-13-10(15)18-8-7(11)6(3)14-16(8)5-2/h4-5,11H2,1-3H3,(H,12,17). The Morgan fingerprint density at radius 3 is 2.72 bits per heavy atom. The maximum Gasteiger partial charge on any atom is 0.343 e. The second-order valence-electron chi connectivity index (χ2n) is 3.78. The van der Waals surface area contributed by atoms with Crippen LogP contribution in [-0.4, -0.2) is 24.5 Å². The number of nitrogens with zero attached hydrogens (tertiary/aromatic N) is 4. The van der Waals surface area contributed by atoms with Crippen molar-refractivity contribution in [3.63, 3.8) is 0 Å². The first-order chi connectivity index (χ1) is 8.58. The molecular formula is C10H16N6OS. The van der Waals surface area contributed by atoms with Gasteiger partial charge in [-0.15, -0.1) is 5.10 Å². The van der Waals surface area contributed by atoms with Gasteiger partial charge in [0, 0.05) is 13.1 Å². The first-order valence-corrected chi connectivity index (χ1v) is 6.56. The summed E-state index contributed by atoms with van der Waals surface area (Å²) in [5, 5.41) is 12.2. The Hall–Kier alpha value is -1.70. The minimum absolute atomic E-state index is 0.210. The smallest absolute Gasteiger partial charge is 0.343 e. The molecule has 0 aliphatic rings. The molecule has 7 nitrogen and oxygen atoms in total. The quantitative estimate of drug-likeness (QED) is 0.857. The van der Waals surface area contributed by atoms with Gasteiger partial charge in [-0.05, 0) is 32.5 Å². The van der Waals surface area contributed by atoms with Gasteiger partial charge in [0.1, 0.15) is 5.03 Å². The van der Waals surface area contributed by atoms with Gasteiger partial charge in [-0.3, -0.25) is 9.25 Å². The molecule has 0 fully saturated rings. The van der Waals surface area contributed by atoms with Gasteiger partial charge in [-0.25, -0.2) is 9.89 Å². The summed E-state index contributed by atoms with van der Waals surface area (Å²) in [6.45, 7) is 7.04. The van der Waals surface area contributed by atoms with Gasteiger partial charge >= 0.3 is 5.69 Å². The van der Waals surface area contributed by atoms with Gasteiger partial charge in [0.05, 0.1) is 11.4 Å². The second kappa shape index (κ2) is 4.89. The largest absolute Gasteiger partial charge is 0.395 e. The number of aromatic amines is 1. The lowest BCUT2D eigenvalue weighted by Gasteiger charge is -2.05. The van der Waals surface area contributed by atoms with Gasteiger partial charge in [0.25, 0.3) is 0 Å². The third-order valence-corrected chi connectivity index (χ3v) is 3.77. The molecule has 2 aromatic rings. The number of H-pyrrole nitrogens is 1. The molecule has 98 valence electrons. The fraction of sp³-hybridized carbons (Fsp3) is 0.500. The lowest BCUT2D eigenvalue weighted by atomic mass is 10.4. The van der Waals surface area contributed by atoms with Crippen LogP contribution in [0, 0.1) is 6.92 Å². The molecule has 0 amide bonds. The summed E-state index contributed by atoms with van der Waals surface area (Å²) < 4.78 is 3.38. The van der Waals surface area contributed by atoms with Crippen molar-refractivity contribution < 1.29 is 0 Å². The molecule has 18 heavy (non-hydrogen) atoms. The van der Waals surface area contributed by atoms with Crippen molar-refractivity contribution in [3.8, 4) is 0 Å². The van der Waals surface area contributed by atoms with Crippen LogP contribution in [0.25, 0.3) is 0 Å². The molecule has 0 saturated heterocycles. The molecular weight excluding hydrogens is 252 g/mol. The van der Waals surface area contributed by atoms with E-state index < -0.39 is 0 Å². The van der Waals surface area contributed by atoms with E-state index in [1.54, 1.807) is 4.57 Å². The summed E-state index contributed by atoms with van der Waals surface area (Å²) >= 11 is 1.35. The average molecular weight is 268 g/mol. The maximum atomic E-state index is 11.5. The minimum atomic E-state index is -0.210. The molecule has 0 aliphatic heterocycles. The molecule has 0 bridgehead atoms. The Kier molecular flexibility index (Phi) is 3.46. The van der Waals surface area contributed by atoms with E-state index in [-0.39, 0.29) is 5.69 Å². The molecule has 2 aromatic heterocycles. The molecule has 8 heteroatoms. The predicted molar refractivity (Wildman–Crippen MR) is 69.7 cm³/mol. The van der Waals surface area contributed by atoms with Crippen LogP contribution in [0.2, 0.25) is 0 Å². The summed E-state index contributed by atoms with van der Waals surface area (Å²) in [5.41, 5.74) is 7.22. The van der Waals surface area contributed by atoms with Gasteiger partial charge < -0.3 is 5.73 Å². The summed E-state index contributed by atoms with van der Waals surface area (Å²) in [6, 6.07) is 0. The second-order valence-corrected chi connectivity index (χ2v) is 4.73. The molecule has 3 N–H and O–H groups in total. The van der Waals surface area contributed by atoms with E-state index in [0.29, 0.717) is 17.4 Å². The average Bonchev–Trinajstić information content (AvgIpc) is 2.84. The van der Waals surface area contributed by atoms with Gasteiger partial charge in [-0.1, -0.05) is 0 Å². The monoisotopic (exact) mass is 268 g/mol. The van der Waals surface area contributed by atoms with Gasteiger partial charge in [0.15, 0.2) is 5.16 Å². The van der Waals surface area contributed by atoms with E-state index in [2.05, 4.69) is 15.3 Å². The molecule has 0 aliphatic carbocycles. The Morgan fingerprint density at radius 1 is 1.39 bits per heavy atom. The van der Waals surface area contributed by atoms with Crippen molar-refractivity contribution in [2.24, 2.45) is 0 Å². The van der Waals surface area contributed by atoms with Crippen LogP contribution in [-0.2, 0) is 13.1 Å². The van der Waals surface area contributed by atoms with Crippen LogP contribution < -0.4 is 11.4 Å². The number of aryl methyl sites for hydroxylation is 2. The molecule has 0 saturated carbocycles. The SMILES string of the molecule is CCn1nc(C)c(N)c1Sc1n[nH]c(=O)n1CC. The Balaban J connectivity index is 2.42. The van der Waals surface area contributed by atoms with E-state index >= 15 is 0 Å². The zero-order chi connectivity index (χ0) is 13.3. The molecule has 2 rings (SSSR count). The van der Waals surface area contributed by atoms with Gasteiger partial charge in [0.2, 0.25) is 0 Å². The van der Waals surface area contributed by atoms with Crippen LogP contribution in [0.1, 0.15) is 19.5 Å². The molecule has 2 heterocycles. The fourth-order valence-electron chi connectivity index (χ4n) is 1.64. The van der Waals surface area contributed by atoms with Crippen molar-refractivity contribution >= 4 is 17.4 Å². The summed E-state index contributed by atoms with van der Waals surface area (Å²) in [5.74, 6) is 0. The normalized spacial score (nSPS) is 11.1. The summed E-state index contributed by atoms with van der Waals surface area (Å²) in [4.78, 5) is 11.5. The minimum Gasteiger partial charge on any atom is -0.395 e. The van der Waals surface area contributed by atoms with Crippen LogP contribution in [0.5, 0.6) is 0 Å². The van der Waals surface area contributed by atoms with Crippen LogP contribution in [0.4, 0.5) is 5.69 Å². The van der Waals surface area contributed by atoms with Crippen molar-refractivity contribution in [2.75, 3.05) is 5.73 Å². The highest BCUT2D eigenvalue weighted by Crippen LogP contribution is 2.32. The fourth-order valence-corrected chi connectivity index (χ4v) is 2.76. The van der Waals surface area contributed by atoms with Crippen LogP contribution in [0.3, 0.4) is 0 Å². The highest BCUT2D eigenvalue weighted by Gasteiger charge is 2.16. The lowest BCUT2D eigenvalue weighted by molar-refractivity contribution is 0.598. The summed E-state index contributed by atoms with van der Waals surface area (Å²) in [6.07, 6.45) is 0. The molecule has 0 radical (unpaired) electrons. The number of hydrogen-bond donors (Lipinski definition) is 2. The molecule has 0 unspecified atom stereocenters. The van der Waals surface area contributed by atoms with Crippen LogP contribution >= 0.6 is 11.8 Å². The highest BCUT2D eigenvalue weighted by molar-refractivity contribution is 7.99. The number of nitrogen functional groups attached to an aromatic ring is 1. The zero-order valence-electron chi connectivity index (χ0n) is 10.6. The maximum absolute atomic E-state index is 11.5. The first-order valence-electron chi connectivity index (χ1n) is 5.74. The van der Waals surface area contributed by atoms with E-state index in [0.717, 1.165) is 17.3 Å². The molecule has 0 atom stereocenters. The van der Waals surface area contributed by atoms with E-state index in [9.17, 15) is 4.79 Å². The zero-order valence-corrected chi connectivity index (χ0v) is 11.4. The van der Waals surface area contributed by atoms with E-state index in [4.69, 9.17) is 5.73 Å². The van der Waals surface area contributed by atoms with E-state index in [1.807, 2.05) is 25.5 Å². The first kappa shape index (κ1) is 12.7. The third kappa shape index (κ3) is 2.03. The lowest BCUT2D eigenvalue weighted by Crippen LogP contribution is -2.16. The third-order valence-electron chi connectivity index (χ3n) is 2.65. The number of nitrogens with two attached hydrogens (primary N) is 1. The van der Waals surface area contributed by atoms with Crippen molar-refractivity contribution in [1.82, 2.24) is 24.5 Å². The molecule has 0 aromatic carbocycles. The number of nitrogens with one attached hydrogen (secondary N) is 1. The van der Waals surface area contributed by atoms with Gasteiger partial charge in [-0.2, -0.15) is 5.10 Å². The van der Waals surface area contributed by atoms with Crippen molar-refractivity contribution in [1.29, 1.82) is 0 Å². The summed E-state index contributed by atoms with van der Waals surface area (Å²) in [7, 11) is 0. The number of anilines is 1. The van der Waals surface area contributed by atoms with Crippen LogP contribution in [0.15, 0.2) is 15.0 Å². The number of hydrogen-bond acceptors (Lipinski definition) is 5. The van der Waals surface area contributed by atoms with E-state index in [1.165, 1.54) is 11.8 Å². The number of rotatable bonds is 4. The Morgan fingerprint density at radius 2 is 2.11 bits per heavy atom.